The van der Waals surface area contributed by atoms with Crippen LogP contribution in [0.3, 0.4) is 0 Å². The summed E-state index contributed by atoms with van der Waals surface area (Å²) >= 11 is 0. The summed E-state index contributed by atoms with van der Waals surface area (Å²) < 4.78 is 0. The Balaban J connectivity index is 2.63. The molecule has 0 spiro atoms. The lowest BCUT2D eigenvalue weighted by molar-refractivity contribution is 0.268. The summed E-state index contributed by atoms with van der Waals surface area (Å²) in [4.78, 5) is 6.76. The molecule has 0 saturated carbocycles. The molecule has 5 nitrogen and oxygen atoms in total. The fraction of sp³-hybridized carbons (Fsp3) is 0.182. The number of aliphatic hydroxyl groups excluding tert-OH is 1. The average molecular weight is 214 g/mol. The van der Waals surface area contributed by atoms with Crippen LogP contribution in [0.2, 0.25) is 0 Å². The summed E-state index contributed by atoms with van der Waals surface area (Å²) in [6.45, 7) is -0.203. The molecule has 1 N–H and O–H groups in total. The Hall–Kier alpha value is -2.10. The number of azide groups is 1. The second-order valence-electron chi connectivity index (χ2n) is 3.35. The largest absolute Gasteiger partial charge is 0.396 e. The molecule has 1 unspecified atom stereocenters. The van der Waals surface area contributed by atoms with E-state index >= 15 is 0 Å². The molecule has 2 rings (SSSR count). The van der Waals surface area contributed by atoms with E-state index in [4.69, 9.17) is 5.53 Å². The Kier molecular flexibility index (Phi) is 3.00. The minimum Gasteiger partial charge on any atom is -0.396 e. The number of nitrogens with zero attached hydrogens (tertiary/aromatic N) is 4. The summed E-state index contributed by atoms with van der Waals surface area (Å²) in [6, 6.07) is 6.93. The molecule has 0 saturated heterocycles. The molecule has 2 aromatic rings. The van der Waals surface area contributed by atoms with Gasteiger partial charge in [0.05, 0.1) is 12.6 Å². The summed E-state index contributed by atoms with van der Waals surface area (Å²) in [7, 11) is 0. The van der Waals surface area contributed by atoms with Crippen LogP contribution in [0.5, 0.6) is 0 Å². The van der Waals surface area contributed by atoms with E-state index in [2.05, 4.69) is 15.0 Å². The lowest BCUT2D eigenvalue weighted by atomic mass is 10.0. The number of hydrogen-bond donors (Lipinski definition) is 1. The Labute approximate surface area is 92.0 Å². The molecule has 80 valence electrons. The zero-order valence-electron chi connectivity index (χ0n) is 8.48. The standard InChI is InChI=1S/C11H10N4O/c12-15-14-11(7-16)10-3-1-2-8-6-13-5-4-9(8)10/h1-6,11,16H,7H2. The fourth-order valence-corrected chi connectivity index (χ4v) is 1.70. The van der Waals surface area contributed by atoms with E-state index < -0.39 is 6.04 Å². The quantitative estimate of drug-likeness (QED) is 0.484. The van der Waals surface area contributed by atoms with E-state index in [9.17, 15) is 5.11 Å². The van der Waals surface area contributed by atoms with Gasteiger partial charge in [-0.25, -0.2) is 0 Å². The van der Waals surface area contributed by atoms with Gasteiger partial charge in [0, 0.05) is 22.7 Å². The molecule has 0 aliphatic rings. The van der Waals surface area contributed by atoms with Gasteiger partial charge in [-0.15, -0.1) is 0 Å². The number of fused-ring (bicyclic) bond motifs is 1. The first-order valence-corrected chi connectivity index (χ1v) is 4.84. The maximum atomic E-state index is 9.19. The summed E-state index contributed by atoms with van der Waals surface area (Å²) in [5.74, 6) is 0. The minimum atomic E-state index is -0.545. The Morgan fingerprint density at radius 3 is 3.06 bits per heavy atom. The van der Waals surface area contributed by atoms with Crippen LogP contribution < -0.4 is 0 Å². The normalized spacial score (nSPS) is 12.1. The van der Waals surface area contributed by atoms with Crippen molar-refractivity contribution in [1.82, 2.24) is 4.98 Å². The maximum Gasteiger partial charge on any atom is 0.0862 e. The van der Waals surface area contributed by atoms with Gasteiger partial charge in [0.2, 0.25) is 0 Å². The monoisotopic (exact) mass is 214 g/mol. The highest BCUT2D eigenvalue weighted by molar-refractivity contribution is 5.85. The second kappa shape index (κ2) is 4.61. The molecular formula is C11H10N4O. The van der Waals surface area contributed by atoms with Crippen molar-refractivity contribution in [2.24, 2.45) is 5.11 Å². The van der Waals surface area contributed by atoms with Crippen molar-refractivity contribution in [3.8, 4) is 0 Å². The Morgan fingerprint density at radius 2 is 2.31 bits per heavy atom. The van der Waals surface area contributed by atoms with Gasteiger partial charge in [0.1, 0.15) is 0 Å². The Morgan fingerprint density at radius 1 is 1.44 bits per heavy atom. The van der Waals surface area contributed by atoms with E-state index in [1.54, 1.807) is 12.4 Å². The van der Waals surface area contributed by atoms with Crippen molar-refractivity contribution in [3.63, 3.8) is 0 Å². The van der Waals surface area contributed by atoms with Crippen LogP contribution in [0, 0.1) is 0 Å². The van der Waals surface area contributed by atoms with Crippen molar-refractivity contribution in [2.45, 2.75) is 6.04 Å². The van der Waals surface area contributed by atoms with E-state index in [0.717, 1.165) is 16.3 Å². The van der Waals surface area contributed by atoms with Crippen LogP contribution in [0.25, 0.3) is 21.2 Å². The smallest absolute Gasteiger partial charge is 0.0862 e. The molecule has 0 amide bonds. The predicted molar refractivity (Wildman–Crippen MR) is 60.7 cm³/mol. The van der Waals surface area contributed by atoms with Gasteiger partial charge in [-0.1, -0.05) is 23.3 Å². The van der Waals surface area contributed by atoms with Crippen LogP contribution in [-0.2, 0) is 0 Å². The molecule has 16 heavy (non-hydrogen) atoms. The third-order valence-corrected chi connectivity index (χ3v) is 2.44. The molecule has 0 bridgehead atoms. The first-order chi connectivity index (χ1) is 7.86. The van der Waals surface area contributed by atoms with E-state index in [0.29, 0.717) is 0 Å². The molecule has 1 aromatic carbocycles. The minimum absolute atomic E-state index is 0.203. The summed E-state index contributed by atoms with van der Waals surface area (Å²) in [5, 5.41) is 14.7. The summed E-state index contributed by atoms with van der Waals surface area (Å²) in [5.41, 5.74) is 9.26. The number of hydrogen-bond acceptors (Lipinski definition) is 3. The highest BCUT2D eigenvalue weighted by Gasteiger charge is 2.11. The zero-order chi connectivity index (χ0) is 11.4. The van der Waals surface area contributed by atoms with Crippen LogP contribution in [-0.4, -0.2) is 16.7 Å². The van der Waals surface area contributed by atoms with Crippen LogP contribution in [0.4, 0.5) is 0 Å². The molecule has 1 heterocycles. The van der Waals surface area contributed by atoms with Gasteiger partial charge in [-0.05, 0) is 22.5 Å². The Bertz CT molecular complexity index is 543. The maximum absolute atomic E-state index is 9.19. The zero-order valence-corrected chi connectivity index (χ0v) is 8.48. The number of aromatic nitrogens is 1. The molecule has 0 aliphatic carbocycles. The summed E-state index contributed by atoms with van der Waals surface area (Å²) in [6.07, 6.45) is 3.42. The molecule has 0 aliphatic heterocycles. The second-order valence-corrected chi connectivity index (χ2v) is 3.35. The third kappa shape index (κ3) is 1.82. The average Bonchev–Trinajstić information content (AvgIpc) is 2.35. The van der Waals surface area contributed by atoms with Crippen molar-refractivity contribution in [1.29, 1.82) is 0 Å². The van der Waals surface area contributed by atoms with Gasteiger partial charge in [-0.3, -0.25) is 4.98 Å². The van der Waals surface area contributed by atoms with Crippen LogP contribution >= 0.6 is 0 Å². The van der Waals surface area contributed by atoms with E-state index in [1.165, 1.54) is 0 Å². The SMILES string of the molecule is [N-]=[N+]=NC(CO)c1cccc2cnccc12. The van der Waals surface area contributed by atoms with Crippen LogP contribution in [0.1, 0.15) is 11.6 Å². The molecule has 0 radical (unpaired) electrons. The molecular weight excluding hydrogens is 204 g/mol. The number of benzene rings is 1. The van der Waals surface area contributed by atoms with Gasteiger partial charge in [0.25, 0.3) is 0 Å². The van der Waals surface area contributed by atoms with Gasteiger partial charge < -0.3 is 5.11 Å². The molecule has 0 fully saturated rings. The van der Waals surface area contributed by atoms with Crippen molar-refractivity contribution in [2.75, 3.05) is 6.61 Å². The number of aliphatic hydroxyl groups is 1. The van der Waals surface area contributed by atoms with Crippen LogP contribution in [0.15, 0.2) is 41.8 Å². The molecule has 5 heteroatoms. The van der Waals surface area contributed by atoms with E-state index in [-0.39, 0.29) is 6.61 Å². The topological polar surface area (TPSA) is 81.9 Å². The lowest BCUT2D eigenvalue weighted by Gasteiger charge is -2.10. The first kappa shape index (κ1) is 10.4. The molecule has 1 atom stereocenters. The molecule has 1 aromatic heterocycles. The number of rotatable bonds is 3. The van der Waals surface area contributed by atoms with Gasteiger partial charge in [-0.2, -0.15) is 0 Å². The highest BCUT2D eigenvalue weighted by Crippen LogP contribution is 2.25. The number of pyridine rings is 1. The van der Waals surface area contributed by atoms with E-state index in [1.807, 2.05) is 24.3 Å². The van der Waals surface area contributed by atoms with Gasteiger partial charge in [0.15, 0.2) is 0 Å². The first-order valence-electron chi connectivity index (χ1n) is 4.84. The third-order valence-electron chi connectivity index (χ3n) is 2.44. The predicted octanol–water partition coefficient (Wildman–Crippen LogP) is 2.58. The van der Waals surface area contributed by atoms with Gasteiger partial charge >= 0.3 is 0 Å². The highest BCUT2D eigenvalue weighted by atomic mass is 16.3. The lowest BCUT2D eigenvalue weighted by Crippen LogP contribution is -2.00. The van der Waals surface area contributed by atoms with Crippen molar-refractivity contribution in [3.05, 3.63) is 52.7 Å². The van der Waals surface area contributed by atoms with Crippen molar-refractivity contribution < 1.29 is 5.11 Å². The van der Waals surface area contributed by atoms with Crippen molar-refractivity contribution >= 4 is 10.8 Å². The fourth-order valence-electron chi connectivity index (χ4n) is 1.70.